The van der Waals surface area contributed by atoms with Gasteiger partial charge in [0.25, 0.3) is 0 Å². The molecule has 2 aromatic carbocycles. The van der Waals surface area contributed by atoms with Gasteiger partial charge in [0.15, 0.2) is 0 Å². The van der Waals surface area contributed by atoms with Gasteiger partial charge in [0.05, 0.1) is 0 Å². The third kappa shape index (κ3) is 9.80. The summed E-state index contributed by atoms with van der Waals surface area (Å²) in [6.07, 6.45) is 4.21. The van der Waals surface area contributed by atoms with Crippen LogP contribution in [-0.2, 0) is 0 Å². The van der Waals surface area contributed by atoms with Crippen LogP contribution in [0, 0.1) is 12.3 Å². The predicted octanol–water partition coefficient (Wildman–Crippen LogP) is 4.18. The van der Waals surface area contributed by atoms with Gasteiger partial charge in [-0.3, -0.25) is 0 Å². The minimum atomic E-state index is 0.925. The number of rotatable bonds is 3. The van der Waals surface area contributed by atoms with Crippen LogP contribution in [0.15, 0.2) is 66.7 Å². The predicted molar refractivity (Wildman–Crippen MR) is 90.4 cm³/mol. The molecule has 2 aromatic rings. The number of hydrogen-bond donors (Lipinski definition) is 2. The molecule has 0 heterocycles. The van der Waals surface area contributed by atoms with Crippen LogP contribution in [0.25, 0.3) is 6.08 Å². The van der Waals surface area contributed by atoms with E-state index in [1.165, 1.54) is 11.1 Å². The van der Waals surface area contributed by atoms with Crippen molar-refractivity contribution < 1.29 is 0 Å². The Bertz CT molecular complexity index is 449. The highest BCUT2D eigenvalue weighted by Gasteiger charge is 1.80. The van der Waals surface area contributed by atoms with Crippen molar-refractivity contribution in [3.05, 3.63) is 77.9 Å². The van der Waals surface area contributed by atoms with Crippen molar-refractivity contribution in [2.24, 2.45) is 0 Å². The van der Waals surface area contributed by atoms with Gasteiger partial charge in [0.1, 0.15) is 0 Å². The minimum absolute atomic E-state index is 0.925. The van der Waals surface area contributed by atoms with Crippen molar-refractivity contribution in [2.75, 3.05) is 13.6 Å². The van der Waals surface area contributed by atoms with Crippen LogP contribution in [0.4, 0.5) is 0 Å². The molecule has 2 rings (SSSR count). The molecule has 0 bridgehead atoms. The fourth-order valence-corrected chi connectivity index (χ4v) is 1.41. The maximum Gasteiger partial charge on any atom is 0.0135 e. The fourth-order valence-electron chi connectivity index (χ4n) is 1.41. The molecule has 0 saturated carbocycles. The van der Waals surface area contributed by atoms with Crippen LogP contribution in [-0.4, -0.2) is 20.3 Å². The van der Waals surface area contributed by atoms with Gasteiger partial charge in [0, 0.05) is 6.54 Å². The number of benzene rings is 2. The van der Waals surface area contributed by atoms with Crippen LogP contribution in [0.5, 0.6) is 0 Å². The summed E-state index contributed by atoms with van der Waals surface area (Å²) in [5, 5.41) is 8.55. The van der Waals surface area contributed by atoms with Gasteiger partial charge in [-0.05, 0) is 26.3 Å². The van der Waals surface area contributed by atoms with E-state index in [2.05, 4.69) is 55.4 Å². The highest BCUT2D eigenvalue weighted by molar-refractivity contribution is 5.48. The number of nitrogens with one attached hydrogen (secondary N) is 2. The third-order valence-corrected chi connectivity index (χ3v) is 2.37. The van der Waals surface area contributed by atoms with E-state index in [1.807, 2.05) is 43.4 Å². The van der Waals surface area contributed by atoms with Crippen molar-refractivity contribution in [1.29, 1.82) is 5.41 Å². The van der Waals surface area contributed by atoms with E-state index in [0.29, 0.717) is 0 Å². The molecule has 0 aliphatic heterocycles. The molecule has 0 radical (unpaired) electrons. The Morgan fingerprint density at radius 2 is 1.45 bits per heavy atom. The zero-order valence-electron chi connectivity index (χ0n) is 12.3. The van der Waals surface area contributed by atoms with E-state index in [-0.39, 0.29) is 0 Å². The highest BCUT2D eigenvalue weighted by atomic mass is 14.8. The van der Waals surface area contributed by atoms with Crippen molar-refractivity contribution in [2.45, 2.75) is 6.92 Å². The number of hydrogen-bond acceptors (Lipinski definition) is 2. The van der Waals surface area contributed by atoms with E-state index >= 15 is 0 Å². The maximum atomic E-state index is 5.50. The Labute approximate surface area is 122 Å². The average Bonchev–Trinajstić information content (AvgIpc) is 2.52. The van der Waals surface area contributed by atoms with Gasteiger partial charge in [-0.1, -0.05) is 78.4 Å². The molecule has 0 saturated heterocycles. The first kappa shape index (κ1) is 17.8. The molecule has 0 spiro atoms. The lowest BCUT2D eigenvalue weighted by Crippen LogP contribution is -2.03. The molecule has 0 aromatic heterocycles. The molecule has 0 atom stereocenters. The first-order chi connectivity index (χ1) is 9.83. The van der Waals surface area contributed by atoms with Crippen molar-refractivity contribution in [1.82, 2.24) is 5.32 Å². The second kappa shape index (κ2) is 13.2. The Balaban J connectivity index is 0.000000345. The Morgan fingerprint density at radius 1 is 0.950 bits per heavy atom. The molecular formula is C18H24N2. The van der Waals surface area contributed by atoms with Gasteiger partial charge in [0.2, 0.25) is 0 Å². The van der Waals surface area contributed by atoms with Crippen molar-refractivity contribution in [3.8, 4) is 0 Å². The average molecular weight is 268 g/mol. The molecule has 20 heavy (non-hydrogen) atoms. The van der Waals surface area contributed by atoms with Crippen molar-refractivity contribution in [3.63, 3.8) is 0 Å². The second-order valence-corrected chi connectivity index (χ2v) is 4.03. The Morgan fingerprint density at radius 3 is 1.85 bits per heavy atom. The lowest BCUT2D eigenvalue weighted by atomic mass is 10.2. The first-order valence-electron chi connectivity index (χ1n) is 6.56. The van der Waals surface area contributed by atoms with Gasteiger partial charge < -0.3 is 10.7 Å². The summed E-state index contributed by atoms with van der Waals surface area (Å²) >= 11 is 0. The maximum absolute atomic E-state index is 5.50. The summed E-state index contributed by atoms with van der Waals surface area (Å²) in [7, 11) is 1.94. The molecular weight excluding hydrogens is 244 g/mol. The molecule has 0 fully saturated rings. The molecule has 0 aliphatic rings. The van der Waals surface area contributed by atoms with E-state index in [0.717, 1.165) is 6.54 Å². The largest absolute Gasteiger partial charge is 0.317 e. The van der Waals surface area contributed by atoms with Gasteiger partial charge in [-0.15, -0.1) is 0 Å². The Kier molecular flexibility index (Phi) is 11.8. The summed E-state index contributed by atoms with van der Waals surface area (Å²) in [5.74, 6) is 0. The number of likely N-dealkylation sites (N-methyl/N-ethyl adjacent to an activating group) is 1. The number of aryl methyl sites for hydroxylation is 1. The zero-order valence-corrected chi connectivity index (χ0v) is 12.3. The van der Waals surface area contributed by atoms with E-state index in [4.69, 9.17) is 5.41 Å². The summed E-state index contributed by atoms with van der Waals surface area (Å²) in [6.45, 7) is 5.51. The fraction of sp³-hybridized carbons (Fsp3) is 0.167. The second-order valence-electron chi connectivity index (χ2n) is 4.03. The molecule has 2 heteroatoms. The first-order valence-corrected chi connectivity index (χ1v) is 6.56. The van der Waals surface area contributed by atoms with Crippen LogP contribution >= 0.6 is 0 Å². The summed E-state index contributed by atoms with van der Waals surface area (Å²) < 4.78 is 0. The lowest BCUT2D eigenvalue weighted by molar-refractivity contribution is 0.922. The third-order valence-electron chi connectivity index (χ3n) is 2.37. The van der Waals surface area contributed by atoms with Crippen molar-refractivity contribution >= 4 is 12.8 Å². The van der Waals surface area contributed by atoms with Crippen LogP contribution in [0.3, 0.4) is 0 Å². The summed E-state index contributed by atoms with van der Waals surface area (Å²) in [6, 6.07) is 20.5. The van der Waals surface area contributed by atoms with Crippen LogP contribution < -0.4 is 5.32 Å². The molecule has 0 amide bonds. The van der Waals surface area contributed by atoms with E-state index in [9.17, 15) is 0 Å². The van der Waals surface area contributed by atoms with E-state index < -0.39 is 0 Å². The van der Waals surface area contributed by atoms with E-state index in [1.54, 1.807) is 0 Å². The normalized spacial score (nSPS) is 9.10. The molecule has 106 valence electrons. The lowest BCUT2D eigenvalue weighted by Gasteiger charge is -1.90. The van der Waals surface area contributed by atoms with Gasteiger partial charge in [-0.25, -0.2) is 0 Å². The van der Waals surface area contributed by atoms with Crippen LogP contribution in [0.2, 0.25) is 0 Å². The monoisotopic (exact) mass is 268 g/mol. The smallest absolute Gasteiger partial charge is 0.0135 e. The SMILES string of the molecule is C=N.CNC/C=C/c1ccccc1.Cc1ccccc1. The molecule has 2 nitrogen and oxygen atoms in total. The van der Waals surface area contributed by atoms with Crippen LogP contribution in [0.1, 0.15) is 11.1 Å². The molecule has 0 unspecified atom stereocenters. The standard InChI is InChI=1S/C10H13N.C7H8.CH3N/c1-11-9-5-8-10-6-3-2-4-7-10;1-7-5-3-2-4-6-7;1-2/h2-8,11H,9H2,1H3;2-6H,1H3;2H,1H2/b8-5+;;. The quantitative estimate of drug-likeness (QED) is 0.805. The van der Waals surface area contributed by atoms with Gasteiger partial charge >= 0.3 is 0 Å². The topological polar surface area (TPSA) is 35.9 Å². The molecule has 0 aliphatic carbocycles. The Hall–Kier alpha value is -2.19. The minimum Gasteiger partial charge on any atom is -0.317 e. The summed E-state index contributed by atoms with van der Waals surface area (Å²) in [4.78, 5) is 0. The highest BCUT2D eigenvalue weighted by Crippen LogP contribution is 1.99. The molecule has 2 N–H and O–H groups in total. The zero-order chi connectivity index (χ0) is 15.1. The van der Waals surface area contributed by atoms with Gasteiger partial charge in [-0.2, -0.15) is 0 Å². The summed E-state index contributed by atoms with van der Waals surface area (Å²) in [5.41, 5.74) is 2.57.